The number of dihydropyridines is 1. The lowest BCUT2D eigenvalue weighted by Crippen LogP contribution is -2.59. The lowest BCUT2D eigenvalue weighted by Gasteiger charge is -2.48. The van der Waals surface area contributed by atoms with Gasteiger partial charge in [0, 0.05) is 18.3 Å². The number of rotatable bonds is 3. The molecule has 2 aliphatic heterocycles. The number of nitrogens with one attached hydrogen (secondary N) is 2. The number of carbonyl (C=O) groups excluding carboxylic acids is 2. The minimum Gasteiger partial charge on any atom is -0.444 e. The molecule has 4 aliphatic rings. The number of allylic oxidation sites excluding steroid dienone is 1. The van der Waals surface area contributed by atoms with Crippen molar-refractivity contribution in [1.29, 1.82) is 5.26 Å². The highest BCUT2D eigenvalue weighted by Gasteiger charge is 2.61. The Balaban J connectivity index is 1.51. The molecule has 1 spiro atoms. The average Bonchev–Trinajstić information content (AvgIpc) is 2.98. The molecule has 2 heterocycles. The molecule has 2 aliphatic carbocycles. The van der Waals surface area contributed by atoms with Crippen LogP contribution in [0.25, 0.3) is 0 Å². The van der Waals surface area contributed by atoms with Gasteiger partial charge in [0.05, 0.1) is 17.3 Å². The highest BCUT2D eigenvalue weighted by molar-refractivity contribution is 7.80. The van der Waals surface area contributed by atoms with Gasteiger partial charge in [-0.3, -0.25) is 9.69 Å². The van der Waals surface area contributed by atoms with Crippen molar-refractivity contribution in [3.8, 4) is 6.07 Å². The molecule has 0 aromatic carbocycles. The van der Waals surface area contributed by atoms with E-state index in [0.29, 0.717) is 38.5 Å². The molecule has 0 radical (unpaired) electrons. The van der Waals surface area contributed by atoms with Crippen LogP contribution in [0.1, 0.15) is 65.7 Å². The molecule has 3 fully saturated rings. The van der Waals surface area contributed by atoms with Crippen LogP contribution >= 0.6 is 12.2 Å². The highest BCUT2D eigenvalue weighted by atomic mass is 32.1. The van der Waals surface area contributed by atoms with Gasteiger partial charge in [0.2, 0.25) is 0 Å². The summed E-state index contributed by atoms with van der Waals surface area (Å²) in [5, 5.41) is 14.7. The zero-order chi connectivity index (χ0) is 26.5. The zero-order valence-corrected chi connectivity index (χ0v) is 21.3. The Morgan fingerprint density at radius 3 is 2.39 bits per heavy atom. The monoisotopic (exact) mass is 525 g/mol. The number of alkyl halides is 3. The van der Waals surface area contributed by atoms with Crippen LogP contribution in [0.3, 0.4) is 0 Å². The third-order valence-corrected chi connectivity index (χ3v) is 7.53. The number of amides is 2. The number of halogens is 3. The Morgan fingerprint density at radius 2 is 1.89 bits per heavy atom. The van der Waals surface area contributed by atoms with Crippen molar-refractivity contribution in [3.05, 3.63) is 23.5 Å². The Kier molecular flexibility index (Phi) is 6.75. The van der Waals surface area contributed by atoms with Crippen LogP contribution in [0.2, 0.25) is 0 Å². The van der Waals surface area contributed by atoms with Gasteiger partial charge in [-0.2, -0.15) is 18.4 Å². The number of nitriles is 1. The van der Waals surface area contributed by atoms with Crippen LogP contribution in [-0.4, -0.2) is 62.4 Å². The molecule has 1 unspecified atom stereocenters. The summed E-state index contributed by atoms with van der Waals surface area (Å²) < 4.78 is 46.1. The molecule has 2 saturated carbocycles. The summed E-state index contributed by atoms with van der Waals surface area (Å²) in [6.45, 7) is 5.38. The third-order valence-electron chi connectivity index (χ3n) is 7.15. The molecule has 2 amide bonds. The second-order valence-electron chi connectivity index (χ2n) is 10.7. The van der Waals surface area contributed by atoms with Crippen molar-refractivity contribution in [2.75, 3.05) is 0 Å². The maximum atomic E-state index is 13.6. The topological polar surface area (TPSA) is 97.7 Å². The van der Waals surface area contributed by atoms with Gasteiger partial charge in [-0.25, -0.2) is 4.79 Å². The molecule has 8 nitrogen and oxygen atoms in total. The number of thiocarbonyl (C=S) groups is 1. The van der Waals surface area contributed by atoms with E-state index in [4.69, 9.17) is 22.2 Å². The SMILES string of the molecule is CC(C)(C)OC(=O)NC1CCC(N2C(=S)N(C3=CNC(C#N)C(C(F)(F)F)=C3)C(=O)C23CCC3)CC1. The van der Waals surface area contributed by atoms with Gasteiger partial charge in [-0.15, -0.1) is 0 Å². The van der Waals surface area contributed by atoms with Gasteiger partial charge in [-0.1, -0.05) is 0 Å². The normalized spacial score (nSPS) is 28.1. The standard InChI is InChI=1S/C24H30F3N5O3S/c1-22(2,3)35-20(34)30-14-5-7-15(8-6-14)32-21(36)31(19(33)23(32)9-4-10-23)16-11-17(24(25,26)27)18(12-28)29-13-16/h11,13-15,18,29H,4-10H2,1-3H3,(H,30,34). The molecule has 12 heteroatoms. The Morgan fingerprint density at radius 1 is 1.25 bits per heavy atom. The maximum Gasteiger partial charge on any atom is 0.415 e. The molecular weight excluding hydrogens is 495 g/mol. The van der Waals surface area contributed by atoms with Gasteiger partial charge < -0.3 is 20.3 Å². The number of carbonyl (C=O) groups is 2. The van der Waals surface area contributed by atoms with E-state index >= 15 is 0 Å². The Hall–Kier alpha value is -2.81. The molecule has 1 atom stereocenters. The number of nitrogens with zero attached hydrogens (tertiary/aromatic N) is 3. The first kappa shape index (κ1) is 26.3. The molecule has 2 N–H and O–H groups in total. The van der Waals surface area contributed by atoms with Crippen LogP contribution < -0.4 is 10.6 Å². The van der Waals surface area contributed by atoms with Gasteiger partial charge in [0.1, 0.15) is 17.2 Å². The van der Waals surface area contributed by atoms with Crippen molar-refractivity contribution in [2.24, 2.45) is 0 Å². The van der Waals surface area contributed by atoms with E-state index in [0.717, 1.165) is 12.5 Å². The van der Waals surface area contributed by atoms with E-state index in [1.54, 1.807) is 26.8 Å². The Bertz CT molecular complexity index is 1050. The lowest BCUT2D eigenvalue weighted by molar-refractivity contribution is -0.137. The van der Waals surface area contributed by atoms with Crippen molar-refractivity contribution in [3.63, 3.8) is 0 Å². The summed E-state index contributed by atoms with van der Waals surface area (Å²) in [4.78, 5) is 28.9. The quantitative estimate of drug-likeness (QED) is 0.538. The van der Waals surface area contributed by atoms with Gasteiger partial charge in [0.25, 0.3) is 5.91 Å². The zero-order valence-electron chi connectivity index (χ0n) is 20.4. The summed E-state index contributed by atoms with van der Waals surface area (Å²) in [6, 6.07) is -0.0991. The van der Waals surface area contributed by atoms with Crippen molar-refractivity contribution in [2.45, 2.75) is 101 Å². The van der Waals surface area contributed by atoms with E-state index in [1.165, 1.54) is 11.1 Å². The number of alkyl carbamates (subject to hydrolysis) is 1. The average molecular weight is 526 g/mol. The van der Waals surface area contributed by atoms with Gasteiger partial charge >= 0.3 is 12.3 Å². The first-order chi connectivity index (χ1) is 16.8. The van der Waals surface area contributed by atoms with Crippen LogP contribution in [0.15, 0.2) is 23.5 Å². The number of ether oxygens (including phenoxy) is 1. The fourth-order valence-electron chi connectivity index (χ4n) is 5.37. The minimum atomic E-state index is -4.73. The van der Waals surface area contributed by atoms with Crippen molar-refractivity contribution < 1.29 is 27.5 Å². The first-order valence-electron chi connectivity index (χ1n) is 12.1. The van der Waals surface area contributed by atoms with Crippen LogP contribution in [0.5, 0.6) is 0 Å². The summed E-state index contributed by atoms with van der Waals surface area (Å²) in [5.74, 6) is -0.325. The van der Waals surface area contributed by atoms with E-state index < -0.39 is 35.0 Å². The van der Waals surface area contributed by atoms with Gasteiger partial charge in [0.15, 0.2) is 5.11 Å². The van der Waals surface area contributed by atoms with E-state index in [-0.39, 0.29) is 28.8 Å². The van der Waals surface area contributed by atoms with Crippen LogP contribution in [-0.2, 0) is 9.53 Å². The van der Waals surface area contributed by atoms with E-state index in [2.05, 4.69) is 10.6 Å². The third kappa shape index (κ3) is 4.77. The fourth-order valence-corrected chi connectivity index (χ4v) is 5.88. The predicted octanol–water partition coefficient (Wildman–Crippen LogP) is 4.00. The second kappa shape index (κ2) is 9.25. The first-order valence-corrected chi connectivity index (χ1v) is 12.5. The minimum absolute atomic E-state index is 0.0159. The number of hydrogen-bond acceptors (Lipinski definition) is 6. The summed E-state index contributed by atoms with van der Waals surface area (Å²) >= 11 is 5.70. The van der Waals surface area contributed by atoms with E-state index in [1.807, 2.05) is 4.90 Å². The summed E-state index contributed by atoms with van der Waals surface area (Å²) in [5.41, 5.74) is -2.53. The smallest absolute Gasteiger partial charge is 0.415 e. The molecule has 1 saturated heterocycles. The maximum absolute atomic E-state index is 13.6. The highest BCUT2D eigenvalue weighted by Crippen LogP contribution is 2.48. The van der Waals surface area contributed by atoms with Crippen LogP contribution in [0.4, 0.5) is 18.0 Å². The van der Waals surface area contributed by atoms with Crippen molar-refractivity contribution >= 4 is 29.3 Å². The van der Waals surface area contributed by atoms with Crippen LogP contribution in [0, 0.1) is 11.3 Å². The lowest BCUT2D eigenvalue weighted by atomic mass is 9.73. The number of hydrogen-bond donors (Lipinski definition) is 2. The molecule has 0 aromatic rings. The Labute approximate surface area is 213 Å². The molecule has 196 valence electrons. The largest absolute Gasteiger partial charge is 0.444 e. The molecule has 36 heavy (non-hydrogen) atoms. The molecule has 4 rings (SSSR count). The molecular formula is C24H30F3N5O3S. The summed E-state index contributed by atoms with van der Waals surface area (Å²) in [7, 11) is 0. The predicted molar refractivity (Wildman–Crippen MR) is 128 cm³/mol. The summed E-state index contributed by atoms with van der Waals surface area (Å²) in [6.07, 6.45) is 1.54. The van der Waals surface area contributed by atoms with Crippen molar-refractivity contribution in [1.82, 2.24) is 20.4 Å². The van der Waals surface area contributed by atoms with Gasteiger partial charge in [-0.05, 0) is 84.0 Å². The molecule has 0 bridgehead atoms. The second-order valence-corrected chi connectivity index (χ2v) is 11.1. The fraction of sp³-hybridized carbons (Fsp3) is 0.667. The van der Waals surface area contributed by atoms with E-state index in [9.17, 15) is 22.8 Å². The molecule has 0 aromatic heterocycles.